The molecule has 0 saturated heterocycles. The van der Waals surface area contributed by atoms with E-state index in [1.165, 1.54) is 5.56 Å². The molecule has 60 heavy (non-hydrogen) atoms. The molecule has 3 aliphatic rings. The SMILES string of the molecule is COC1/C=C/CC[C@@H](C[C@@H](C)O[Si](c2ccccc2)(c2ccccc2)C(C)(C)C)S(=O)(=O)NC(=O)c2ccc3c(c2)N(CCCCc2cc(Cl)ccc2CO3)C[C@@H]2CC[C@@H]12. The van der Waals surface area contributed by atoms with Gasteiger partial charge < -0.3 is 18.8 Å². The number of carbonyl (C=O) groups is 1. The van der Waals surface area contributed by atoms with Crippen LogP contribution < -0.4 is 24.7 Å². The minimum atomic E-state index is -4.18. The quantitative estimate of drug-likeness (QED) is 0.146. The molecule has 2 heterocycles. The molecule has 4 aromatic carbocycles. The summed E-state index contributed by atoms with van der Waals surface area (Å²) in [5.74, 6) is 0.705. The molecule has 0 aromatic heterocycles. The Bertz CT molecular complexity index is 2190. The number of aryl methyl sites for hydroxylation is 1. The van der Waals surface area contributed by atoms with E-state index in [4.69, 9.17) is 25.5 Å². The van der Waals surface area contributed by atoms with Crippen LogP contribution in [-0.2, 0) is 32.2 Å². The molecule has 1 fully saturated rings. The molecule has 5 atom stereocenters. The molecule has 1 aliphatic carbocycles. The predicted octanol–water partition coefficient (Wildman–Crippen LogP) is 9.24. The summed E-state index contributed by atoms with van der Waals surface area (Å²) >= 11 is 6.41. The van der Waals surface area contributed by atoms with E-state index in [1.807, 2.05) is 73.7 Å². The molecular weight excluding hydrogens is 808 g/mol. The number of methoxy groups -OCH3 is 1. The number of anilines is 1. The Kier molecular flexibility index (Phi) is 14.0. The summed E-state index contributed by atoms with van der Waals surface area (Å²) in [6.07, 6.45) is 9.60. The molecule has 2 bridgehead atoms. The molecule has 0 spiro atoms. The van der Waals surface area contributed by atoms with Gasteiger partial charge in [0, 0.05) is 36.9 Å². The number of allylic oxidation sites excluding steroid dienone is 1. The summed E-state index contributed by atoms with van der Waals surface area (Å²) in [5, 5.41) is 1.77. The van der Waals surface area contributed by atoms with E-state index in [-0.39, 0.29) is 23.1 Å². The predicted molar refractivity (Wildman–Crippen MR) is 246 cm³/mol. The normalized spacial score (nSPS) is 23.6. The van der Waals surface area contributed by atoms with Crippen LogP contribution in [0.4, 0.5) is 5.69 Å². The lowest BCUT2D eigenvalue weighted by molar-refractivity contribution is 0.0134. The van der Waals surface area contributed by atoms with Gasteiger partial charge in [-0.25, -0.2) is 13.1 Å². The third kappa shape index (κ3) is 9.73. The number of fused-ring (bicyclic) bond motifs is 3. The zero-order valence-corrected chi connectivity index (χ0v) is 38.3. The highest BCUT2D eigenvalue weighted by molar-refractivity contribution is 7.90. The number of carbonyl (C=O) groups excluding carboxylic acids is 1. The Hall–Kier alpha value is -3.93. The van der Waals surface area contributed by atoms with Crippen LogP contribution in [0.25, 0.3) is 0 Å². The summed E-state index contributed by atoms with van der Waals surface area (Å²) in [6.45, 7) is 10.5. The average Bonchev–Trinajstić information content (AvgIpc) is 3.24. The van der Waals surface area contributed by atoms with E-state index in [0.29, 0.717) is 42.1 Å². The Labute approximate surface area is 363 Å². The van der Waals surface area contributed by atoms with Crippen molar-refractivity contribution >= 4 is 51.9 Å². The smallest absolute Gasteiger partial charge is 0.264 e. The van der Waals surface area contributed by atoms with E-state index in [0.717, 1.165) is 66.8 Å². The first-order valence-electron chi connectivity index (χ1n) is 21.6. The van der Waals surface area contributed by atoms with Gasteiger partial charge in [-0.3, -0.25) is 4.79 Å². The number of ether oxygens (including phenoxy) is 2. The van der Waals surface area contributed by atoms with Crippen molar-refractivity contribution in [1.29, 1.82) is 0 Å². The van der Waals surface area contributed by atoms with Gasteiger partial charge >= 0.3 is 0 Å². The van der Waals surface area contributed by atoms with E-state index in [2.05, 4.69) is 66.8 Å². The Morgan fingerprint density at radius 3 is 2.28 bits per heavy atom. The highest BCUT2D eigenvalue weighted by Gasteiger charge is 2.51. The van der Waals surface area contributed by atoms with E-state index < -0.39 is 35.6 Å². The monoisotopic (exact) mass is 868 g/mol. The maximum Gasteiger partial charge on any atom is 0.264 e. The van der Waals surface area contributed by atoms with E-state index in [1.54, 1.807) is 13.2 Å². The minimum absolute atomic E-state index is 0.0888. The first-order chi connectivity index (χ1) is 28.8. The molecule has 7 rings (SSSR count). The van der Waals surface area contributed by atoms with Crippen molar-refractivity contribution in [2.24, 2.45) is 11.8 Å². The van der Waals surface area contributed by atoms with Crippen LogP contribution >= 0.6 is 11.6 Å². The Morgan fingerprint density at radius 2 is 1.63 bits per heavy atom. The van der Waals surface area contributed by atoms with Gasteiger partial charge in [-0.05, 0) is 127 Å². The Morgan fingerprint density at radius 1 is 0.917 bits per heavy atom. The highest BCUT2D eigenvalue weighted by atomic mass is 35.5. The van der Waals surface area contributed by atoms with Gasteiger partial charge in [-0.2, -0.15) is 0 Å². The Balaban J connectivity index is 1.23. The molecule has 8 nitrogen and oxygen atoms in total. The third-order valence-corrected chi connectivity index (χ3v) is 20.1. The average molecular weight is 870 g/mol. The van der Waals surface area contributed by atoms with Gasteiger partial charge in [0.2, 0.25) is 10.0 Å². The maximum absolute atomic E-state index is 14.6. The minimum Gasteiger partial charge on any atom is -0.487 e. The van der Waals surface area contributed by atoms with Crippen molar-refractivity contribution in [3.8, 4) is 5.75 Å². The summed E-state index contributed by atoms with van der Waals surface area (Å²) in [5.41, 5.74) is 3.33. The molecule has 1 N–H and O–H groups in total. The van der Waals surface area contributed by atoms with Crippen molar-refractivity contribution in [2.75, 3.05) is 25.1 Å². The van der Waals surface area contributed by atoms with Crippen LogP contribution in [0.1, 0.15) is 94.1 Å². The number of nitrogens with one attached hydrogen (secondary N) is 1. The zero-order chi connectivity index (χ0) is 42.5. The summed E-state index contributed by atoms with van der Waals surface area (Å²) in [4.78, 5) is 16.5. The van der Waals surface area contributed by atoms with Crippen molar-refractivity contribution in [3.05, 3.63) is 131 Å². The summed E-state index contributed by atoms with van der Waals surface area (Å²) in [7, 11) is -5.39. The van der Waals surface area contributed by atoms with Crippen LogP contribution in [0.5, 0.6) is 5.75 Å². The number of nitrogens with zero attached hydrogens (tertiary/aromatic N) is 1. The molecule has 2 aliphatic heterocycles. The fourth-order valence-electron chi connectivity index (χ4n) is 9.61. The van der Waals surface area contributed by atoms with Crippen molar-refractivity contribution < 1.29 is 27.1 Å². The first kappa shape index (κ1) is 44.1. The number of rotatable bonds is 7. The lowest BCUT2D eigenvalue weighted by Crippen LogP contribution is -2.67. The number of benzene rings is 4. The van der Waals surface area contributed by atoms with Crippen LogP contribution in [0.3, 0.4) is 0 Å². The number of sulfonamides is 1. The zero-order valence-electron chi connectivity index (χ0n) is 35.7. The fraction of sp³-hybridized carbons (Fsp3) is 0.449. The standard InChI is InChI=1S/C49H61ClN2O6SSi/c1-35(58-60(49(2,3)4,42-18-8-6-9-19-42)43-20-10-7-11-21-43)30-41-17-12-13-22-46(56-5)44-27-24-38(44)33-52-29-15-14-16-36-31-40(50)26-23-39(36)34-57-47-28-25-37(32-45(47)52)48(53)51-59(41,54)55/h6-11,13,18-23,25-26,28,31-32,35,38,41,44,46H,12,14-17,24,27,29-30,33-34H2,1-5H3,(H,51,53)/b22-13+/t35-,38+,41+,44-,46?/m1/s1. The maximum atomic E-state index is 14.6. The van der Waals surface area contributed by atoms with Gasteiger partial charge in [0.15, 0.2) is 0 Å². The number of hydrogen-bond acceptors (Lipinski definition) is 7. The molecule has 1 unspecified atom stereocenters. The largest absolute Gasteiger partial charge is 0.487 e. The third-order valence-electron chi connectivity index (χ3n) is 12.9. The van der Waals surface area contributed by atoms with Gasteiger partial charge in [0.05, 0.1) is 17.0 Å². The number of amides is 1. The molecular formula is C49H61ClN2O6SSi. The van der Waals surface area contributed by atoms with Crippen LogP contribution in [-0.4, -0.2) is 60.3 Å². The van der Waals surface area contributed by atoms with Crippen molar-refractivity contribution in [1.82, 2.24) is 4.72 Å². The van der Waals surface area contributed by atoms with Crippen LogP contribution in [0.15, 0.2) is 109 Å². The summed E-state index contributed by atoms with van der Waals surface area (Å²) in [6, 6.07) is 32.0. The van der Waals surface area contributed by atoms with Gasteiger partial charge in [0.1, 0.15) is 12.4 Å². The van der Waals surface area contributed by atoms with E-state index in [9.17, 15) is 13.2 Å². The second kappa shape index (κ2) is 19.0. The van der Waals surface area contributed by atoms with Gasteiger partial charge in [-0.15, -0.1) is 0 Å². The second-order valence-electron chi connectivity index (χ2n) is 17.9. The van der Waals surface area contributed by atoms with E-state index >= 15 is 0 Å². The molecule has 320 valence electrons. The molecule has 4 aromatic rings. The molecule has 11 heteroatoms. The molecule has 1 saturated carbocycles. The van der Waals surface area contributed by atoms with Gasteiger partial charge in [-0.1, -0.05) is 111 Å². The first-order valence-corrected chi connectivity index (χ1v) is 25.5. The summed E-state index contributed by atoms with van der Waals surface area (Å²) < 4.78 is 51.7. The molecule has 1 amide bonds. The lowest BCUT2D eigenvalue weighted by Gasteiger charge is -2.45. The number of halogens is 1. The lowest BCUT2D eigenvalue weighted by atomic mass is 9.70. The van der Waals surface area contributed by atoms with Crippen LogP contribution in [0.2, 0.25) is 10.1 Å². The number of hydrogen-bond donors (Lipinski definition) is 1. The second-order valence-corrected chi connectivity index (χ2v) is 24.6. The topological polar surface area (TPSA) is 94.2 Å². The highest BCUT2D eigenvalue weighted by Crippen LogP contribution is 2.42. The van der Waals surface area contributed by atoms with Crippen molar-refractivity contribution in [3.63, 3.8) is 0 Å². The van der Waals surface area contributed by atoms with Crippen molar-refractivity contribution in [2.45, 2.75) is 108 Å². The van der Waals surface area contributed by atoms with Gasteiger partial charge in [0.25, 0.3) is 14.2 Å². The fourth-order valence-corrected chi connectivity index (χ4v) is 16.0. The van der Waals surface area contributed by atoms with Crippen LogP contribution in [0, 0.1) is 11.8 Å². The molecule has 0 radical (unpaired) electrons.